The van der Waals surface area contributed by atoms with E-state index in [1.165, 1.54) is 4.90 Å². The number of rotatable bonds is 3. The fourth-order valence-electron chi connectivity index (χ4n) is 2.46. The minimum atomic E-state index is -1.49. The van der Waals surface area contributed by atoms with Crippen LogP contribution in [0.3, 0.4) is 0 Å². The van der Waals surface area contributed by atoms with Crippen LogP contribution in [0.1, 0.15) is 15.9 Å². The van der Waals surface area contributed by atoms with Gasteiger partial charge in [0, 0.05) is 18.2 Å². The molecule has 21 heavy (non-hydrogen) atoms. The smallest absolute Gasteiger partial charge is 0.256 e. The Balaban J connectivity index is 1.91. The molecule has 0 aliphatic carbocycles. The van der Waals surface area contributed by atoms with Crippen molar-refractivity contribution in [2.45, 2.75) is 5.72 Å². The highest BCUT2D eigenvalue weighted by molar-refractivity contribution is 6.32. The highest BCUT2D eigenvalue weighted by Gasteiger charge is 2.47. The van der Waals surface area contributed by atoms with E-state index in [0.717, 1.165) is 0 Å². The highest BCUT2D eigenvalue weighted by atomic mass is 35.5. The van der Waals surface area contributed by atoms with Gasteiger partial charge in [-0.15, -0.1) is 0 Å². The van der Waals surface area contributed by atoms with Crippen LogP contribution in [-0.2, 0) is 5.72 Å². The monoisotopic (exact) mass is 303 g/mol. The van der Waals surface area contributed by atoms with Crippen molar-refractivity contribution >= 4 is 17.5 Å². The second-order valence-electron chi connectivity index (χ2n) is 4.95. The lowest BCUT2D eigenvalue weighted by molar-refractivity contribution is -0.100. The molecular weight excluding hydrogens is 290 g/mol. The van der Waals surface area contributed by atoms with E-state index in [1.807, 2.05) is 0 Å². The molecule has 2 aromatic carbocycles. The van der Waals surface area contributed by atoms with E-state index in [1.54, 1.807) is 55.6 Å². The number of hydrogen-bond donors (Lipinski definition) is 1. The topological polar surface area (TPSA) is 49.8 Å². The number of carbonyl (C=O) groups is 1. The van der Waals surface area contributed by atoms with Gasteiger partial charge in [0.2, 0.25) is 5.72 Å². The Morgan fingerprint density at radius 3 is 2.62 bits per heavy atom. The van der Waals surface area contributed by atoms with E-state index < -0.39 is 5.72 Å². The molecule has 1 amide bonds. The van der Waals surface area contributed by atoms with Gasteiger partial charge in [-0.05, 0) is 18.2 Å². The van der Waals surface area contributed by atoms with Crippen LogP contribution in [0.25, 0.3) is 0 Å². The number of aliphatic hydroxyl groups is 1. The number of hydrogen-bond acceptors (Lipinski definition) is 3. The van der Waals surface area contributed by atoms with Crippen LogP contribution in [0.2, 0.25) is 5.02 Å². The summed E-state index contributed by atoms with van der Waals surface area (Å²) in [5.74, 6) is 0.244. The van der Waals surface area contributed by atoms with Gasteiger partial charge in [0.05, 0.1) is 5.02 Å². The average Bonchev–Trinajstić information content (AvgIpc) is 2.70. The summed E-state index contributed by atoms with van der Waals surface area (Å²) in [6.07, 6.45) is 0. The second-order valence-corrected chi connectivity index (χ2v) is 5.35. The Morgan fingerprint density at radius 1 is 1.19 bits per heavy atom. The van der Waals surface area contributed by atoms with Crippen molar-refractivity contribution < 1.29 is 14.6 Å². The number of carbonyl (C=O) groups excluding carboxylic acids is 1. The first-order valence-electron chi connectivity index (χ1n) is 6.51. The maximum absolute atomic E-state index is 12.2. The Kier molecular flexibility index (Phi) is 3.35. The van der Waals surface area contributed by atoms with Crippen molar-refractivity contribution in [1.29, 1.82) is 0 Å². The van der Waals surface area contributed by atoms with Crippen LogP contribution in [0, 0.1) is 0 Å². The maximum Gasteiger partial charge on any atom is 0.256 e. The first-order chi connectivity index (χ1) is 10.0. The first kappa shape index (κ1) is 13.9. The minimum Gasteiger partial charge on any atom is -0.487 e. The quantitative estimate of drug-likeness (QED) is 0.948. The van der Waals surface area contributed by atoms with Crippen LogP contribution >= 0.6 is 11.6 Å². The Bertz CT molecular complexity index is 703. The molecule has 0 saturated carbocycles. The van der Waals surface area contributed by atoms with Gasteiger partial charge in [0.15, 0.2) is 0 Å². The van der Waals surface area contributed by atoms with Gasteiger partial charge in [0.25, 0.3) is 5.91 Å². The van der Waals surface area contributed by atoms with Crippen LogP contribution in [0.4, 0.5) is 0 Å². The van der Waals surface area contributed by atoms with Crippen molar-refractivity contribution in [3.63, 3.8) is 0 Å². The molecule has 0 aromatic heterocycles. The van der Waals surface area contributed by atoms with Gasteiger partial charge in [-0.2, -0.15) is 0 Å². The number of fused-ring (bicyclic) bond motifs is 1. The van der Waals surface area contributed by atoms with Crippen LogP contribution in [-0.4, -0.2) is 29.6 Å². The molecule has 1 atom stereocenters. The number of halogens is 1. The maximum atomic E-state index is 12.2. The van der Waals surface area contributed by atoms with Gasteiger partial charge >= 0.3 is 0 Å². The second kappa shape index (κ2) is 5.06. The van der Waals surface area contributed by atoms with E-state index in [0.29, 0.717) is 21.9 Å². The average molecular weight is 304 g/mol. The minimum absolute atomic E-state index is 0.0873. The molecule has 3 rings (SSSR count). The number of benzene rings is 2. The Hall–Kier alpha value is -2.04. The van der Waals surface area contributed by atoms with Crippen molar-refractivity contribution in [3.05, 3.63) is 64.7 Å². The van der Waals surface area contributed by atoms with E-state index in [2.05, 4.69) is 0 Å². The number of amides is 1. The molecule has 5 heteroatoms. The highest BCUT2D eigenvalue weighted by Crippen LogP contribution is 2.37. The van der Waals surface area contributed by atoms with Gasteiger partial charge in [-0.3, -0.25) is 4.79 Å². The van der Waals surface area contributed by atoms with Gasteiger partial charge in [0.1, 0.15) is 12.4 Å². The van der Waals surface area contributed by atoms with Gasteiger partial charge in [-0.1, -0.05) is 41.9 Å². The lowest BCUT2D eigenvalue weighted by Gasteiger charge is -2.31. The summed E-state index contributed by atoms with van der Waals surface area (Å²) < 4.78 is 5.62. The molecule has 0 radical (unpaired) electrons. The Labute approximate surface area is 127 Å². The van der Waals surface area contributed by atoms with E-state index in [4.69, 9.17) is 16.3 Å². The molecule has 0 spiro atoms. The Morgan fingerprint density at radius 2 is 1.86 bits per heavy atom. The molecule has 1 aliphatic heterocycles. The summed E-state index contributed by atoms with van der Waals surface area (Å²) in [6.45, 7) is -0.0873. The third kappa shape index (κ3) is 2.17. The molecule has 1 N–H and O–H groups in total. The van der Waals surface area contributed by atoms with Crippen LogP contribution < -0.4 is 4.74 Å². The van der Waals surface area contributed by atoms with Crippen molar-refractivity contribution in [1.82, 2.24) is 4.90 Å². The zero-order valence-electron chi connectivity index (χ0n) is 11.4. The van der Waals surface area contributed by atoms with Crippen molar-refractivity contribution in [2.24, 2.45) is 0 Å². The first-order valence-corrected chi connectivity index (χ1v) is 6.89. The van der Waals surface area contributed by atoms with Crippen molar-refractivity contribution in [3.8, 4) is 5.75 Å². The molecule has 1 unspecified atom stereocenters. The SMILES string of the molecule is CN1C(=O)c2ccccc2C1(O)COc1ccccc1Cl. The molecule has 2 aromatic rings. The normalized spacial score (nSPS) is 20.5. The molecule has 1 aliphatic rings. The summed E-state index contributed by atoms with van der Waals surface area (Å²) in [5, 5.41) is 11.3. The molecule has 0 fully saturated rings. The summed E-state index contributed by atoms with van der Waals surface area (Å²) in [7, 11) is 1.55. The molecule has 0 bridgehead atoms. The predicted molar refractivity (Wildman–Crippen MR) is 79.4 cm³/mol. The largest absolute Gasteiger partial charge is 0.487 e. The third-order valence-corrected chi connectivity index (χ3v) is 4.03. The fourth-order valence-corrected chi connectivity index (χ4v) is 2.65. The summed E-state index contributed by atoms with van der Waals surface area (Å²) in [5.41, 5.74) is -0.456. The van der Waals surface area contributed by atoms with E-state index in [9.17, 15) is 9.90 Å². The molecule has 108 valence electrons. The molecule has 0 saturated heterocycles. The fraction of sp³-hybridized carbons (Fsp3) is 0.188. The lowest BCUT2D eigenvalue weighted by Crippen LogP contribution is -2.45. The third-order valence-electron chi connectivity index (χ3n) is 3.71. The molecular formula is C16H14ClNO3. The lowest BCUT2D eigenvalue weighted by atomic mass is 10.0. The number of ether oxygens (including phenoxy) is 1. The molecule has 4 nitrogen and oxygen atoms in total. The van der Waals surface area contributed by atoms with Crippen LogP contribution in [0.5, 0.6) is 5.75 Å². The van der Waals surface area contributed by atoms with E-state index in [-0.39, 0.29) is 12.5 Å². The van der Waals surface area contributed by atoms with Crippen molar-refractivity contribution in [2.75, 3.05) is 13.7 Å². The van der Waals surface area contributed by atoms with E-state index >= 15 is 0 Å². The summed E-state index contributed by atoms with van der Waals surface area (Å²) >= 11 is 6.03. The van der Waals surface area contributed by atoms with Gasteiger partial charge in [-0.25, -0.2) is 0 Å². The van der Waals surface area contributed by atoms with Crippen LogP contribution in [0.15, 0.2) is 48.5 Å². The predicted octanol–water partition coefficient (Wildman–Crippen LogP) is 2.65. The zero-order valence-corrected chi connectivity index (χ0v) is 12.2. The zero-order chi connectivity index (χ0) is 15.0. The molecule has 1 heterocycles. The number of para-hydroxylation sites is 1. The standard InChI is InChI=1S/C16H14ClNO3/c1-18-15(19)11-6-2-3-7-12(11)16(18,20)10-21-14-9-5-4-8-13(14)17/h2-9,20H,10H2,1H3. The summed E-state index contributed by atoms with van der Waals surface area (Å²) in [4.78, 5) is 13.5. The number of nitrogens with zero attached hydrogens (tertiary/aromatic N) is 1. The number of likely N-dealkylation sites (N-methyl/N-ethyl adjacent to an activating group) is 1. The van der Waals surface area contributed by atoms with Gasteiger partial charge < -0.3 is 14.7 Å². The summed E-state index contributed by atoms with van der Waals surface area (Å²) in [6, 6.07) is 14.0.